The molecule has 0 heterocycles. The van der Waals surface area contributed by atoms with E-state index in [1.165, 1.54) is 0 Å². The molecule has 8 nitrogen and oxygen atoms in total. The van der Waals surface area contributed by atoms with Crippen LogP contribution in [0.4, 0.5) is 0 Å². The predicted octanol–water partition coefficient (Wildman–Crippen LogP) is 4.06. The molecule has 0 rings (SSSR count). The first-order valence-electron chi connectivity index (χ1n) is 8.25. The molecule has 0 aliphatic carbocycles. The molecule has 0 aromatic carbocycles. The zero-order valence-corrected chi connectivity index (χ0v) is 17.7. The van der Waals surface area contributed by atoms with E-state index < -0.39 is 24.6 Å². The van der Waals surface area contributed by atoms with Crippen molar-refractivity contribution in [2.24, 2.45) is 15.5 Å². The fourth-order valence-electron chi connectivity index (χ4n) is 1.41. The van der Waals surface area contributed by atoms with Gasteiger partial charge in [-0.15, -0.1) is 0 Å². The summed E-state index contributed by atoms with van der Waals surface area (Å²) in [6.45, 7) is 10.4. The summed E-state index contributed by atoms with van der Waals surface area (Å²) in [6.07, 6.45) is 3.50. The van der Waals surface area contributed by atoms with Crippen LogP contribution in [0.15, 0.2) is 4.52 Å². The van der Waals surface area contributed by atoms with E-state index in [1.54, 1.807) is 0 Å². The van der Waals surface area contributed by atoms with Gasteiger partial charge < -0.3 is 0 Å². The van der Waals surface area contributed by atoms with Gasteiger partial charge in [-0.2, -0.15) is 0 Å². The standard InChI is InChI=1S/C12H35N4O4P3/c1-5-9-17-22(18-10-6-2)16-23(15-21(13)14,19-11-7-3)20-12-8-4/h16,21,23H,5-12H2,1-4H3,(H4,13,14,15). The molecule has 23 heavy (non-hydrogen) atoms. The van der Waals surface area contributed by atoms with Gasteiger partial charge in [0, 0.05) is 0 Å². The predicted molar refractivity (Wildman–Crippen MR) is 102 cm³/mol. The van der Waals surface area contributed by atoms with Crippen molar-refractivity contribution < 1.29 is 18.1 Å². The summed E-state index contributed by atoms with van der Waals surface area (Å²) >= 11 is 0. The van der Waals surface area contributed by atoms with Gasteiger partial charge in [-0.05, 0) is 0 Å². The van der Waals surface area contributed by atoms with Crippen LogP contribution in [0.3, 0.4) is 0 Å². The summed E-state index contributed by atoms with van der Waals surface area (Å²) in [5.74, 6) is 0. The molecule has 0 bridgehead atoms. The molecule has 5 N–H and O–H groups in total. The molecule has 0 atom stereocenters. The Bertz CT molecular complexity index is 307. The van der Waals surface area contributed by atoms with Gasteiger partial charge >= 0.3 is 143 Å². The monoisotopic (exact) mass is 392 g/mol. The molecule has 0 aliphatic rings. The number of nitrogens with two attached hydrogens (primary N) is 2. The van der Waals surface area contributed by atoms with Crippen LogP contribution in [-0.4, -0.2) is 26.4 Å². The van der Waals surface area contributed by atoms with E-state index in [1.807, 2.05) is 27.7 Å². The van der Waals surface area contributed by atoms with E-state index in [0.29, 0.717) is 26.4 Å². The normalized spacial score (nSPS) is 13.0. The zero-order chi connectivity index (χ0) is 17.6. The van der Waals surface area contributed by atoms with E-state index >= 15 is 0 Å². The van der Waals surface area contributed by atoms with Gasteiger partial charge in [-0.1, -0.05) is 0 Å². The summed E-state index contributed by atoms with van der Waals surface area (Å²) in [6, 6.07) is 0. The number of nitrogens with one attached hydrogen (secondary N) is 1. The summed E-state index contributed by atoms with van der Waals surface area (Å²) < 4.78 is 27.9. The molecule has 0 unspecified atom stereocenters. The van der Waals surface area contributed by atoms with E-state index in [4.69, 9.17) is 29.1 Å². The third kappa shape index (κ3) is 11.9. The molecule has 0 aromatic rings. The second kappa shape index (κ2) is 15.1. The summed E-state index contributed by atoms with van der Waals surface area (Å²) in [4.78, 5) is 3.25. The minimum atomic E-state index is -3.11. The van der Waals surface area contributed by atoms with E-state index in [-0.39, 0.29) is 0 Å². The first kappa shape index (κ1) is 23.8. The Labute approximate surface area is 143 Å². The van der Waals surface area contributed by atoms with Gasteiger partial charge in [0.1, 0.15) is 0 Å². The van der Waals surface area contributed by atoms with Crippen LogP contribution in [0, 0.1) is 0 Å². The number of hydrogen-bond acceptors (Lipinski definition) is 6. The second-order valence-electron chi connectivity index (χ2n) is 4.85. The van der Waals surface area contributed by atoms with Crippen LogP contribution in [0.5, 0.6) is 0 Å². The number of hydrogen-bond donors (Lipinski definition) is 3. The molecule has 0 saturated carbocycles. The first-order chi connectivity index (χ1) is 11.0. The first-order valence-corrected chi connectivity index (χ1v) is 12.8. The Morgan fingerprint density at radius 1 is 0.870 bits per heavy atom. The van der Waals surface area contributed by atoms with Crippen molar-refractivity contribution in [3.05, 3.63) is 0 Å². The Kier molecular flexibility index (Phi) is 15.6. The van der Waals surface area contributed by atoms with E-state index in [2.05, 4.69) is 9.37 Å². The summed E-state index contributed by atoms with van der Waals surface area (Å²) in [5, 5.41) is 0. The molecule has 0 radical (unpaired) electrons. The Hall–Kier alpha value is 0.810. The maximum atomic E-state index is 5.94. The van der Waals surface area contributed by atoms with Gasteiger partial charge in [-0.25, -0.2) is 0 Å². The average molecular weight is 392 g/mol. The van der Waals surface area contributed by atoms with Crippen molar-refractivity contribution in [3.8, 4) is 0 Å². The van der Waals surface area contributed by atoms with Gasteiger partial charge in [-0.3, -0.25) is 0 Å². The molecule has 0 aliphatic heterocycles. The summed E-state index contributed by atoms with van der Waals surface area (Å²) in [5.41, 5.74) is 11.5. The van der Waals surface area contributed by atoms with E-state index in [0.717, 1.165) is 25.7 Å². The Balaban J connectivity index is 5.16. The molecule has 0 amide bonds. The van der Waals surface area contributed by atoms with E-state index in [9.17, 15) is 0 Å². The fourth-order valence-corrected chi connectivity index (χ4v) is 7.71. The molecule has 0 aromatic heterocycles. The summed E-state index contributed by atoms with van der Waals surface area (Å²) in [7, 11) is -6.33. The van der Waals surface area contributed by atoms with Crippen LogP contribution in [-0.2, 0) is 18.1 Å². The van der Waals surface area contributed by atoms with Gasteiger partial charge in [0.2, 0.25) is 0 Å². The minimum absolute atomic E-state index is 0.520. The average Bonchev–Trinajstić information content (AvgIpc) is 2.52. The SMILES string of the molecule is CCCOP(N[PH](N=[PH](N)N)(OCCC)OCCC)OCCC. The van der Waals surface area contributed by atoms with Crippen LogP contribution in [0.25, 0.3) is 0 Å². The number of rotatable bonds is 15. The molecule has 11 heteroatoms. The molecule has 142 valence electrons. The van der Waals surface area contributed by atoms with Crippen molar-refractivity contribution >= 4 is 24.6 Å². The van der Waals surface area contributed by atoms with Crippen LogP contribution in [0.1, 0.15) is 53.4 Å². The molecule has 0 saturated heterocycles. The molecular formula is C12H35N4O4P3. The van der Waals surface area contributed by atoms with Crippen LogP contribution < -0.4 is 15.9 Å². The Morgan fingerprint density at radius 2 is 1.30 bits per heavy atom. The molecular weight excluding hydrogens is 357 g/mol. The van der Waals surface area contributed by atoms with Crippen molar-refractivity contribution in [1.29, 1.82) is 0 Å². The van der Waals surface area contributed by atoms with Crippen LogP contribution >= 0.6 is 24.6 Å². The van der Waals surface area contributed by atoms with Gasteiger partial charge in [0.25, 0.3) is 0 Å². The van der Waals surface area contributed by atoms with Crippen molar-refractivity contribution in [2.45, 2.75) is 53.4 Å². The van der Waals surface area contributed by atoms with Crippen molar-refractivity contribution in [3.63, 3.8) is 0 Å². The molecule has 0 spiro atoms. The van der Waals surface area contributed by atoms with Crippen molar-refractivity contribution in [1.82, 2.24) is 4.86 Å². The van der Waals surface area contributed by atoms with Gasteiger partial charge in [0.15, 0.2) is 0 Å². The molecule has 0 fully saturated rings. The number of nitrogens with zero attached hydrogens (tertiary/aromatic N) is 1. The van der Waals surface area contributed by atoms with Crippen molar-refractivity contribution in [2.75, 3.05) is 26.4 Å². The third-order valence-electron chi connectivity index (χ3n) is 2.34. The third-order valence-corrected chi connectivity index (χ3v) is 8.43. The zero-order valence-electron chi connectivity index (χ0n) is 14.8. The van der Waals surface area contributed by atoms with Crippen LogP contribution in [0.2, 0.25) is 0 Å². The maximum absolute atomic E-state index is 5.94. The Morgan fingerprint density at radius 3 is 1.65 bits per heavy atom. The topological polar surface area (TPSA) is 113 Å². The second-order valence-corrected chi connectivity index (χ2v) is 10.3. The van der Waals surface area contributed by atoms with Gasteiger partial charge in [0.05, 0.1) is 0 Å². The quantitative estimate of drug-likeness (QED) is 0.360. The fraction of sp³-hybridized carbons (Fsp3) is 1.00.